The Morgan fingerprint density at radius 3 is 2.84 bits per heavy atom. The maximum atomic E-state index is 12.3. The number of aliphatic hydroxyl groups is 1. The third kappa shape index (κ3) is 3.26. The number of likely N-dealkylation sites (tertiary alicyclic amines) is 1. The highest BCUT2D eigenvalue weighted by atomic mass is 16.3. The molecule has 1 unspecified atom stereocenters. The van der Waals surface area contributed by atoms with Crippen LogP contribution in [0, 0.1) is 0 Å². The van der Waals surface area contributed by atoms with Crippen molar-refractivity contribution in [3.63, 3.8) is 0 Å². The van der Waals surface area contributed by atoms with Crippen LogP contribution >= 0.6 is 0 Å². The molecule has 0 aliphatic carbocycles. The first kappa shape index (κ1) is 15.5. The molecule has 0 bridgehead atoms. The Kier molecular flexibility index (Phi) is 3.98. The molecular formula is C16H16N6O3. The number of nitrogens with zero attached hydrogens (tertiary/aromatic N) is 6. The number of β-amino-alcohol motifs (C(OH)–C–C–N with tert-alkyl or cyclic N) is 1. The molecule has 0 spiro atoms. The van der Waals surface area contributed by atoms with Crippen LogP contribution in [0.2, 0.25) is 0 Å². The summed E-state index contributed by atoms with van der Waals surface area (Å²) in [6, 6.07) is 3.68. The van der Waals surface area contributed by atoms with Gasteiger partial charge in [-0.25, -0.2) is 4.98 Å². The van der Waals surface area contributed by atoms with Crippen LogP contribution < -0.4 is 0 Å². The van der Waals surface area contributed by atoms with Crippen LogP contribution in [0.25, 0.3) is 5.69 Å². The Balaban J connectivity index is 1.43. The third-order valence-electron chi connectivity index (χ3n) is 4.01. The van der Waals surface area contributed by atoms with Gasteiger partial charge in [0, 0.05) is 18.8 Å². The summed E-state index contributed by atoms with van der Waals surface area (Å²) in [7, 11) is 0. The van der Waals surface area contributed by atoms with Crippen LogP contribution in [-0.4, -0.2) is 60.1 Å². The van der Waals surface area contributed by atoms with E-state index in [4.69, 9.17) is 4.42 Å². The van der Waals surface area contributed by atoms with Gasteiger partial charge >= 0.3 is 0 Å². The minimum atomic E-state index is -0.456. The van der Waals surface area contributed by atoms with E-state index >= 15 is 0 Å². The molecule has 9 nitrogen and oxygen atoms in total. The molecule has 0 aromatic carbocycles. The van der Waals surface area contributed by atoms with Gasteiger partial charge in [-0.1, -0.05) is 0 Å². The molecule has 4 rings (SSSR count). The quantitative estimate of drug-likeness (QED) is 0.734. The SMILES string of the molecule is O=C(c1coc(Cc2ccc(-n3nccn3)cn2)n1)N1CCC(O)C1. The van der Waals surface area contributed by atoms with Crippen molar-refractivity contribution in [2.75, 3.05) is 13.1 Å². The predicted molar refractivity (Wildman–Crippen MR) is 85.0 cm³/mol. The molecule has 9 heteroatoms. The predicted octanol–water partition coefficient (Wildman–Crippen LogP) is 0.448. The van der Waals surface area contributed by atoms with Gasteiger partial charge < -0.3 is 14.4 Å². The number of carbonyl (C=O) groups is 1. The topological polar surface area (TPSA) is 110 Å². The second kappa shape index (κ2) is 6.44. The smallest absolute Gasteiger partial charge is 0.275 e. The molecule has 1 aliphatic heterocycles. The molecule has 1 atom stereocenters. The minimum absolute atomic E-state index is 0.223. The van der Waals surface area contributed by atoms with Gasteiger partial charge in [-0.15, -0.1) is 0 Å². The standard InChI is InChI=1S/C16H16N6O3/c23-13-3-6-21(9-13)16(24)14-10-25-15(20-14)7-11-1-2-12(8-17-11)22-18-4-5-19-22/h1-2,4-5,8,10,13,23H,3,6-7,9H2. The number of rotatable bonds is 4. The van der Waals surface area contributed by atoms with Crippen LogP contribution in [0.3, 0.4) is 0 Å². The van der Waals surface area contributed by atoms with Crippen molar-refractivity contribution in [2.24, 2.45) is 0 Å². The highest BCUT2D eigenvalue weighted by molar-refractivity contribution is 5.92. The molecule has 4 heterocycles. The molecule has 128 valence electrons. The molecule has 1 amide bonds. The van der Waals surface area contributed by atoms with E-state index < -0.39 is 6.10 Å². The van der Waals surface area contributed by atoms with Crippen LogP contribution in [0.5, 0.6) is 0 Å². The number of amides is 1. The maximum Gasteiger partial charge on any atom is 0.275 e. The molecule has 0 saturated carbocycles. The lowest BCUT2D eigenvalue weighted by Crippen LogP contribution is -2.29. The van der Waals surface area contributed by atoms with Crippen LogP contribution in [0.15, 0.2) is 41.4 Å². The van der Waals surface area contributed by atoms with Gasteiger partial charge in [0.15, 0.2) is 5.69 Å². The van der Waals surface area contributed by atoms with Crippen molar-refractivity contribution < 1.29 is 14.3 Å². The Morgan fingerprint density at radius 2 is 2.16 bits per heavy atom. The lowest BCUT2D eigenvalue weighted by molar-refractivity contribution is 0.0759. The number of carbonyl (C=O) groups excluding carboxylic acids is 1. The zero-order valence-electron chi connectivity index (χ0n) is 13.3. The maximum absolute atomic E-state index is 12.3. The number of aliphatic hydroxyl groups excluding tert-OH is 1. The molecule has 25 heavy (non-hydrogen) atoms. The van der Waals surface area contributed by atoms with Crippen molar-refractivity contribution in [1.29, 1.82) is 0 Å². The van der Waals surface area contributed by atoms with E-state index in [0.717, 1.165) is 11.4 Å². The summed E-state index contributed by atoms with van der Waals surface area (Å²) in [4.78, 5) is 23.9. The number of aromatic nitrogens is 5. The van der Waals surface area contributed by atoms with Gasteiger partial charge in [0.2, 0.25) is 5.89 Å². The zero-order chi connectivity index (χ0) is 17.2. The van der Waals surface area contributed by atoms with Gasteiger partial charge in [-0.3, -0.25) is 9.78 Å². The first-order valence-electron chi connectivity index (χ1n) is 7.92. The normalized spacial score (nSPS) is 17.2. The average molecular weight is 340 g/mol. The number of hydrogen-bond acceptors (Lipinski definition) is 7. The van der Waals surface area contributed by atoms with Gasteiger partial charge in [0.25, 0.3) is 5.91 Å². The van der Waals surface area contributed by atoms with Crippen molar-refractivity contribution in [3.8, 4) is 5.69 Å². The third-order valence-corrected chi connectivity index (χ3v) is 4.01. The molecule has 1 fully saturated rings. The highest BCUT2D eigenvalue weighted by Crippen LogP contribution is 2.15. The average Bonchev–Trinajstić information content (AvgIpc) is 3.36. The van der Waals surface area contributed by atoms with E-state index in [2.05, 4.69) is 20.2 Å². The Hall–Kier alpha value is -3.07. The second-order valence-electron chi connectivity index (χ2n) is 5.82. The Labute approximate surface area is 142 Å². The molecule has 1 saturated heterocycles. The summed E-state index contributed by atoms with van der Waals surface area (Å²) in [5, 5.41) is 17.6. The molecule has 3 aromatic heterocycles. The van der Waals surface area contributed by atoms with E-state index in [9.17, 15) is 9.90 Å². The van der Waals surface area contributed by atoms with Gasteiger partial charge in [0.1, 0.15) is 12.0 Å². The fourth-order valence-corrected chi connectivity index (χ4v) is 2.72. The number of oxazole rings is 1. The van der Waals surface area contributed by atoms with E-state index in [1.807, 2.05) is 12.1 Å². The van der Waals surface area contributed by atoms with Crippen LogP contribution in [0.1, 0.15) is 28.5 Å². The first-order chi connectivity index (χ1) is 12.2. The van der Waals surface area contributed by atoms with E-state index in [0.29, 0.717) is 31.8 Å². The summed E-state index contributed by atoms with van der Waals surface area (Å²) in [6.45, 7) is 0.873. The molecule has 1 aliphatic rings. The minimum Gasteiger partial charge on any atom is -0.448 e. The summed E-state index contributed by atoms with van der Waals surface area (Å²) < 4.78 is 5.39. The molecule has 1 N–H and O–H groups in total. The van der Waals surface area contributed by atoms with Crippen molar-refractivity contribution in [3.05, 3.63) is 54.3 Å². The highest BCUT2D eigenvalue weighted by Gasteiger charge is 2.27. The Morgan fingerprint density at radius 1 is 1.32 bits per heavy atom. The summed E-state index contributed by atoms with van der Waals surface area (Å²) in [5.41, 5.74) is 1.76. The lowest BCUT2D eigenvalue weighted by atomic mass is 10.2. The molecular weight excluding hydrogens is 324 g/mol. The van der Waals surface area contributed by atoms with Crippen molar-refractivity contribution in [2.45, 2.75) is 18.9 Å². The largest absolute Gasteiger partial charge is 0.448 e. The van der Waals surface area contributed by atoms with E-state index in [1.54, 1.807) is 23.5 Å². The van der Waals surface area contributed by atoms with Crippen LogP contribution in [-0.2, 0) is 6.42 Å². The molecule has 0 radical (unpaired) electrons. The van der Waals surface area contributed by atoms with Gasteiger partial charge in [0.05, 0.1) is 31.1 Å². The summed E-state index contributed by atoms with van der Waals surface area (Å²) >= 11 is 0. The summed E-state index contributed by atoms with van der Waals surface area (Å²) in [6.07, 6.45) is 6.72. The van der Waals surface area contributed by atoms with Gasteiger partial charge in [-0.2, -0.15) is 15.0 Å². The zero-order valence-corrected chi connectivity index (χ0v) is 13.3. The fraction of sp³-hybridized carbons (Fsp3) is 0.312. The van der Waals surface area contributed by atoms with Gasteiger partial charge in [-0.05, 0) is 18.6 Å². The number of hydrogen-bond donors (Lipinski definition) is 1. The fourth-order valence-electron chi connectivity index (χ4n) is 2.72. The van der Waals surface area contributed by atoms with Crippen LogP contribution in [0.4, 0.5) is 0 Å². The molecule has 3 aromatic rings. The summed E-state index contributed by atoms with van der Waals surface area (Å²) in [5.74, 6) is 0.195. The van der Waals surface area contributed by atoms with E-state index in [-0.39, 0.29) is 11.6 Å². The number of pyridine rings is 1. The first-order valence-corrected chi connectivity index (χ1v) is 7.92. The lowest BCUT2D eigenvalue weighted by Gasteiger charge is -2.12. The van der Waals surface area contributed by atoms with Crippen molar-refractivity contribution in [1.82, 2.24) is 29.9 Å². The second-order valence-corrected chi connectivity index (χ2v) is 5.82. The Bertz CT molecular complexity index is 858. The van der Waals surface area contributed by atoms with E-state index in [1.165, 1.54) is 11.1 Å². The monoisotopic (exact) mass is 340 g/mol. The van der Waals surface area contributed by atoms with Crippen molar-refractivity contribution >= 4 is 5.91 Å².